The average Bonchev–Trinajstić information content (AvgIpc) is 2.80. The molecular weight excluding hydrogens is 226 g/mol. The Hall–Kier alpha value is -1.03. The molecule has 1 N–H and O–H groups in total. The topological polar surface area (TPSA) is 39.1 Å². The third-order valence-electron chi connectivity index (χ3n) is 3.54. The molecule has 2 atom stereocenters. The lowest BCUT2D eigenvalue weighted by Gasteiger charge is -2.22. The van der Waals surface area contributed by atoms with Gasteiger partial charge in [-0.25, -0.2) is 0 Å². The zero-order valence-corrected chi connectivity index (χ0v) is 12.4. The van der Waals surface area contributed by atoms with Gasteiger partial charge in [0.15, 0.2) is 5.75 Å². The SMILES string of the molecule is CCCNCC(C)C(C)c1c(OC)cnn1CC. The molecule has 2 unspecified atom stereocenters. The maximum atomic E-state index is 5.42. The van der Waals surface area contributed by atoms with Crippen LogP contribution in [-0.4, -0.2) is 30.0 Å². The first-order valence-corrected chi connectivity index (χ1v) is 6.96. The maximum Gasteiger partial charge on any atom is 0.160 e. The van der Waals surface area contributed by atoms with Gasteiger partial charge in [0, 0.05) is 12.5 Å². The summed E-state index contributed by atoms with van der Waals surface area (Å²) < 4.78 is 7.46. The maximum absolute atomic E-state index is 5.42. The highest BCUT2D eigenvalue weighted by molar-refractivity contribution is 5.28. The quantitative estimate of drug-likeness (QED) is 0.724. The van der Waals surface area contributed by atoms with Crippen LogP contribution < -0.4 is 10.1 Å². The van der Waals surface area contributed by atoms with Crippen LogP contribution in [0.2, 0.25) is 0 Å². The molecule has 0 amide bonds. The molecule has 0 fully saturated rings. The fourth-order valence-electron chi connectivity index (χ4n) is 2.20. The normalized spacial score (nSPS) is 14.5. The monoisotopic (exact) mass is 253 g/mol. The van der Waals surface area contributed by atoms with Gasteiger partial charge in [-0.1, -0.05) is 20.8 Å². The molecule has 0 aliphatic carbocycles. The Balaban J connectivity index is 2.75. The lowest BCUT2D eigenvalue weighted by atomic mass is 9.92. The van der Waals surface area contributed by atoms with E-state index in [1.807, 2.05) is 10.9 Å². The second-order valence-corrected chi connectivity index (χ2v) is 4.88. The first kappa shape index (κ1) is 15.0. The van der Waals surface area contributed by atoms with Crippen LogP contribution in [0.3, 0.4) is 0 Å². The number of hydrogen-bond acceptors (Lipinski definition) is 3. The second kappa shape index (κ2) is 7.41. The van der Waals surface area contributed by atoms with Crippen molar-refractivity contribution in [1.82, 2.24) is 15.1 Å². The van der Waals surface area contributed by atoms with Crippen LogP contribution in [0, 0.1) is 5.92 Å². The Morgan fingerprint density at radius 1 is 1.39 bits per heavy atom. The van der Waals surface area contributed by atoms with Gasteiger partial charge < -0.3 is 10.1 Å². The molecule has 18 heavy (non-hydrogen) atoms. The van der Waals surface area contributed by atoms with E-state index in [9.17, 15) is 0 Å². The third kappa shape index (κ3) is 3.48. The van der Waals surface area contributed by atoms with Gasteiger partial charge in [-0.15, -0.1) is 0 Å². The molecule has 104 valence electrons. The van der Waals surface area contributed by atoms with Gasteiger partial charge >= 0.3 is 0 Å². The van der Waals surface area contributed by atoms with Crippen LogP contribution in [0.4, 0.5) is 0 Å². The summed E-state index contributed by atoms with van der Waals surface area (Å²) in [6.45, 7) is 11.8. The number of rotatable bonds is 8. The molecule has 4 heteroatoms. The molecular formula is C14H27N3O. The highest BCUT2D eigenvalue weighted by Gasteiger charge is 2.22. The molecule has 0 aromatic carbocycles. The van der Waals surface area contributed by atoms with E-state index < -0.39 is 0 Å². The van der Waals surface area contributed by atoms with Crippen molar-refractivity contribution in [3.05, 3.63) is 11.9 Å². The number of ether oxygens (including phenoxy) is 1. The van der Waals surface area contributed by atoms with Crippen molar-refractivity contribution in [2.24, 2.45) is 5.92 Å². The van der Waals surface area contributed by atoms with Crippen molar-refractivity contribution in [2.75, 3.05) is 20.2 Å². The van der Waals surface area contributed by atoms with Crippen molar-refractivity contribution in [1.29, 1.82) is 0 Å². The second-order valence-electron chi connectivity index (χ2n) is 4.88. The third-order valence-corrected chi connectivity index (χ3v) is 3.54. The lowest BCUT2D eigenvalue weighted by Crippen LogP contribution is -2.26. The molecule has 1 aromatic rings. The van der Waals surface area contributed by atoms with E-state index in [0.29, 0.717) is 11.8 Å². The molecule has 0 aliphatic rings. The number of nitrogens with one attached hydrogen (secondary N) is 1. The largest absolute Gasteiger partial charge is 0.493 e. The van der Waals surface area contributed by atoms with E-state index in [1.54, 1.807) is 7.11 Å². The molecule has 0 spiro atoms. The fourth-order valence-corrected chi connectivity index (χ4v) is 2.20. The Bertz CT molecular complexity index is 327. The van der Waals surface area contributed by atoms with Gasteiger partial charge in [-0.3, -0.25) is 4.68 Å². The highest BCUT2D eigenvalue weighted by atomic mass is 16.5. The average molecular weight is 253 g/mol. The predicted octanol–water partition coefficient (Wildman–Crippen LogP) is 2.65. The molecule has 4 nitrogen and oxygen atoms in total. The molecule has 0 radical (unpaired) electrons. The van der Waals surface area contributed by atoms with Crippen LogP contribution in [-0.2, 0) is 6.54 Å². The number of hydrogen-bond donors (Lipinski definition) is 1. The van der Waals surface area contributed by atoms with Gasteiger partial charge in [0.2, 0.25) is 0 Å². The van der Waals surface area contributed by atoms with Crippen molar-refractivity contribution >= 4 is 0 Å². The molecule has 1 rings (SSSR count). The van der Waals surface area contributed by atoms with Gasteiger partial charge in [-0.05, 0) is 32.4 Å². The number of methoxy groups -OCH3 is 1. The van der Waals surface area contributed by atoms with Gasteiger partial charge in [0.25, 0.3) is 0 Å². The summed E-state index contributed by atoms with van der Waals surface area (Å²) in [6, 6.07) is 0. The summed E-state index contributed by atoms with van der Waals surface area (Å²) in [7, 11) is 1.72. The summed E-state index contributed by atoms with van der Waals surface area (Å²) >= 11 is 0. The minimum atomic E-state index is 0.437. The molecule has 0 saturated carbocycles. The fraction of sp³-hybridized carbons (Fsp3) is 0.786. The summed E-state index contributed by atoms with van der Waals surface area (Å²) in [5.41, 5.74) is 1.21. The molecule has 0 aliphatic heterocycles. The zero-order chi connectivity index (χ0) is 13.5. The van der Waals surface area contributed by atoms with Gasteiger partial charge in [0.05, 0.1) is 19.0 Å². The highest BCUT2D eigenvalue weighted by Crippen LogP contribution is 2.31. The molecule has 1 aromatic heterocycles. The lowest BCUT2D eigenvalue weighted by molar-refractivity contribution is 0.378. The van der Waals surface area contributed by atoms with Gasteiger partial charge in [-0.2, -0.15) is 5.10 Å². The minimum Gasteiger partial charge on any atom is -0.493 e. The number of aryl methyl sites for hydroxylation is 1. The first-order chi connectivity index (χ1) is 8.65. The van der Waals surface area contributed by atoms with E-state index in [1.165, 1.54) is 12.1 Å². The predicted molar refractivity (Wildman–Crippen MR) is 75.2 cm³/mol. The van der Waals surface area contributed by atoms with E-state index in [4.69, 9.17) is 4.74 Å². The van der Waals surface area contributed by atoms with Crippen LogP contribution in [0.5, 0.6) is 5.75 Å². The van der Waals surface area contributed by atoms with E-state index in [-0.39, 0.29) is 0 Å². The van der Waals surface area contributed by atoms with Crippen LogP contribution in [0.25, 0.3) is 0 Å². The number of aromatic nitrogens is 2. The van der Waals surface area contributed by atoms with Crippen LogP contribution in [0.15, 0.2) is 6.20 Å². The van der Waals surface area contributed by atoms with E-state index in [2.05, 4.69) is 38.1 Å². The van der Waals surface area contributed by atoms with Crippen molar-refractivity contribution < 1.29 is 4.74 Å². The van der Waals surface area contributed by atoms with Crippen LogP contribution >= 0.6 is 0 Å². The summed E-state index contributed by atoms with van der Waals surface area (Å²) in [5, 5.41) is 7.86. The standard InChI is InChI=1S/C14H27N3O/c1-6-8-15-9-11(3)12(4)14-13(18-5)10-16-17(14)7-2/h10-12,15H,6-9H2,1-5H3. The van der Waals surface area contributed by atoms with E-state index in [0.717, 1.165) is 25.4 Å². The summed E-state index contributed by atoms with van der Waals surface area (Å²) in [5.74, 6) is 1.91. The Morgan fingerprint density at radius 2 is 2.11 bits per heavy atom. The molecule has 1 heterocycles. The summed E-state index contributed by atoms with van der Waals surface area (Å²) in [6.07, 6.45) is 3.00. The molecule has 0 bridgehead atoms. The molecule has 0 saturated heterocycles. The smallest absolute Gasteiger partial charge is 0.160 e. The number of nitrogens with zero attached hydrogens (tertiary/aromatic N) is 2. The Morgan fingerprint density at radius 3 is 2.67 bits per heavy atom. The Kier molecular flexibility index (Phi) is 6.19. The van der Waals surface area contributed by atoms with Gasteiger partial charge in [0.1, 0.15) is 0 Å². The Labute approximate surface area is 111 Å². The first-order valence-electron chi connectivity index (χ1n) is 6.96. The summed E-state index contributed by atoms with van der Waals surface area (Å²) in [4.78, 5) is 0. The van der Waals surface area contributed by atoms with Crippen LogP contribution in [0.1, 0.15) is 45.7 Å². The minimum absolute atomic E-state index is 0.437. The van der Waals surface area contributed by atoms with E-state index >= 15 is 0 Å². The zero-order valence-electron chi connectivity index (χ0n) is 12.4. The van der Waals surface area contributed by atoms with Crippen molar-refractivity contribution in [2.45, 2.75) is 46.6 Å². The van der Waals surface area contributed by atoms with Crippen molar-refractivity contribution in [3.8, 4) is 5.75 Å². The van der Waals surface area contributed by atoms with Crippen molar-refractivity contribution in [3.63, 3.8) is 0 Å².